The Morgan fingerprint density at radius 2 is 1.85 bits per heavy atom. The molecule has 1 saturated heterocycles. The number of likely N-dealkylation sites (N-methyl/N-ethyl adjacent to an activating group) is 1. The summed E-state index contributed by atoms with van der Waals surface area (Å²) in [6, 6.07) is 16.2. The molecule has 0 bridgehead atoms. The SMILES string of the molecule is CN1CCN(c2ccc(NC(=O)CSc3nc4ccccc4s3)cc2)CC1. The van der Waals surface area contributed by atoms with Crippen molar-refractivity contribution in [3.05, 3.63) is 48.5 Å². The summed E-state index contributed by atoms with van der Waals surface area (Å²) < 4.78 is 2.08. The summed E-state index contributed by atoms with van der Waals surface area (Å²) in [5.74, 6) is 0.353. The molecule has 1 aliphatic heterocycles. The van der Waals surface area contributed by atoms with Crippen LogP contribution in [0.2, 0.25) is 0 Å². The largest absolute Gasteiger partial charge is 0.369 e. The molecular formula is C20H22N4OS2. The first-order valence-corrected chi connectivity index (χ1v) is 10.8. The highest BCUT2D eigenvalue weighted by atomic mass is 32.2. The lowest BCUT2D eigenvalue weighted by Crippen LogP contribution is -2.44. The second-order valence-electron chi connectivity index (χ2n) is 6.62. The highest BCUT2D eigenvalue weighted by Crippen LogP contribution is 2.29. The summed E-state index contributed by atoms with van der Waals surface area (Å²) in [5.41, 5.74) is 3.04. The van der Waals surface area contributed by atoms with Crippen molar-refractivity contribution < 1.29 is 4.79 Å². The number of anilines is 2. The van der Waals surface area contributed by atoms with Crippen LogP contribution in [-0.4, -0.2) is 54.8 Å². The van der Waals surface area contributed by atoms with Gasteiger partial charge >= 0.3 is 0 Å². The molecule has 2 aromatic carbocycles. The van der Waals surface area contributed by atoms with E-state index in [4.69, 9.17) is 0 Å². The lowest BCUT2D eigenvalue weighted by atomic mass is 10.2. The van der Waals surface area contributed by atoms with Crippen LogP contribution in [0.5, 0.6) is 0 Å². The number of fused-ring (bicyclic) bond motifs is 1. The fourth-order valence-corrected chi connectivity index (χ4v) is 4.93. The van der Waals surface area contributed by atoms with E-state index < -0.39 is 0 Å². The highest BCUT2D eigenvalue weighted by molar-refractivity contribution is 8.01. The summed E-state index contributed by atoms with van der Waals surface area (Å²) in [7, 11) is 2.16. The number of hydrogen-bond acceptors (Lipinski definition) is 6. The third-order valence-electron chi connectivity index (χ3n) is 4.62. The van der Waals surface area contributed by atoms with Gasteiger partial charge < -0.3 is 15.1 Å². The molecule has 0 aliphatic carbocycles. The van der Waals surface area contributed by atoms with Gasteiger partial charge in [-0.05, 0) is 43.4 Å². The molecule has 1 fully saturated rings. The Labute approximate surface area is 167 Å². The van der Waals surface area contributed by atoms with E-state index in [1.54, 1.807) is 11.3 Å². The maximum atomic E-state index is 12.3. The van der Waals surface area contributed by atoms with Crippen LogP contribution in [0.4, 0.5) is 11.4 Å². The lowest BCUT2D eigenvalue weighted by molar-refractivity contribution is -0.113. The van der Waals surface area contributed by atoms with Crippen molar-refractivity contribution in [3.63, 3.8) is 0 Å². The third kappa shape index (κ3) is 4.61. The Morgan fingerprint density at radius 1 is 1.11 bits per heavy atom. The van der Waals surface area contributed by atoms with Crippen LogP contribution in [0.15, 0.2) is 52.9 Å². The van der Waals surface area contributed by atoms with Crippen molar-refractivity contribution >= 4 is 50.6 Å². The summed E-state index contributed by atoms with van der Waals surface area (Å²) in [6.45, 7) is 4.25. The predicted octanol–water partition coefficient (Wildman–Crippen LogP) is 3.78. The number of benzene rings is 2. The second-order valence-corrected chi connectivity index (χ2v) is 8.87. The van der Waals surface area contributed by atoms with Crippen LogP contribution in [0.25, 0.3) is 10.2 Å². The van der Waals surface area contributed by atoms with Crippen molar-refractivity contribution in [3.8, 4) is 0 Å². The van der Waals surface area contributed by atoms with Gasteiger partial charge in [-0.3, -0.25) is 4.79 Å². The zero-order valence-electron chi connectivity index (χ0n) is 15.2. The topological polar surface area (TPSA) is 48.5 Å². The molecule has 140 valence electrons. The van der Waals surface area contributed by atoms with E-state index in [2.05, 4.69) is 45.3 Å². The van der Waals surface area contributed by atoms with Gasteiger partial charge in [0, 0.05) is 37.6 Å². The van der Waals surface area contributed by atoms with Gasteiger partial charge in [0.1, 0.15) is 0 Å². The summed E-state index contributed by atoms with van der Waals surface area (Å²) in [5, 5.41) is 2.97. The predicted molar refractivity (Wildman–Crippen MR) is 115 cm³/mol. The van der Waals surface area contributed by atoms with Gasteiger partial charge in [-0.15, -0.1) is 11.3 Å². The van der Waals surface area contributed by atoms with Gasteiger partial charge in [0.05, 0.1) is 16.0 Å². The van der Waals surface area contributed by atoms with E-state index in [1.165, 1.54) is 17.4 Å². The monoisotopic (exact) mass is 398 g/mol. The van der Waals surface area contributed by atoms with Crippen LogP contribution < -0.4 is 10.2 Å². The number of carbonyl (C=O) groups excluding carboxylic acids is 1. The highest BCUT2D eigenvalue weighted by Gasteiger charge is 2.14. The number of thioether (sulfide) groups is 1. The minimum Gasteiger partial charge on any atom is -0.369 e. The van der Waals surface area contributed by atoms with Gasteiger partial charge in [0.15, 0.2) is 4.34 Å². The molecule has 1 aliphatic rings. The Morgan fingerprint density at radius 3 is 2.59 bits per heavy atom. The van der Waals surface area contributed by atoms with E-state index in [1.807, 2.05) is 30.3 Å². The van der Waals surface area contributed by atoms with Gasteiger partial charge in [-0.2, -0.15) is 0 Å². The molecule has 2 heterocycles. The molecule has 4 rings (SSSR count). The Hall–Kier alpha value is -2.09. The van der Waals surface area contributed by atoms with E-state index in [-0.39, 0.29) is 5.91 Å². The number of aromatic nitrogens is 1. The standard InChI is InChI=1S/C20H22N4OS2/c1-23-10-12-24(13-11-23)16-8-6-15(7-9-16)21-19(25)14-26-20-22-17-4-2-3-5-18(17)27-20/h2-9H,10-14H2,1H3,(H,21,25). The van der Waals surface area contributed by atoms with Crippen molar-refractivity contribution in [1.29, 1.82) is 0 Å². The normalized spacial score (nSPS) is 15.2. The fraction of sp³-hybridized carbons (Fsp3) is 0.300. The Kier molecular flexibility index (Phi) is 5.61. The minimum absolute atomic E-state index is 0.00777. The Balaban J connectivity index is 1.30. The zero-order valence-corrected chi connectivity index (χ0v) is 16.9. The molecule has 0 radical (unpaired) electrons. The number of nitrogens with one attached hydrogen (secondary N) is 1. The molecule has 1 aromatic heterocycles. The van der Waals surface area contributed by atoms with E-state index in [0.29, 0.717) is 5.75 Å². The molecule has 3 aromatic rings. The quantitative estimate of drug-likeness (QED) is 0.663. The Bertz CT molecular complexity index is 884. The minimum atomic E-state index is -0.00777. The maximum Gasteiger partial charge on any atom is 0.234 e. The zero-order chi connectivity index (χ0) is 18.6. The van der Waals surface area contributed by atoms with Crippen molar-refractivity contribution in [2.75, 3.05) is 49.2 Å². The summed E-state index contributed by atoms with van der Waals surface area (Å²) in [4.78, 5) is 21.5. The van der Waals surface area contributed by atoms with E-state index in [9.17, 15) is 4.79 Å². The van der Waals surface area contributed by atoms with Gasteiger partial charge in [0.2, 0.25) is 5.91 Å². The first-order chi connectivity index (χ1) is 13.2. The van der Waals surface area contributed by atoms with Crippen molar-refractivity contribution in [2.24, 2.45) is 0 Å². The van der Waals surface area contributed by atoms with Crippen molar-refractivity contribution in [1.82, 2.24) is 9.88 Å². The van der Waals surface area contributed by atoms with E-state index >= 15 is 0 Å². The first-order valence-electron chi connectivity index (χ1n) is 8.99. The molecule has 1 N–H and O–H groups in total. The number of hydrogen-bond donors (Lipinski definition) is 1. The smallest absolute Gasteiger partial charge is 0.234 e. The summed E-state index contributed by atoms with van der Waals surface area (Å²) in [6.07, 6.45) is 0. The van der Waals surface area contributed by atoms with E-state index in [0.717, 1.165) is 46.4 Å². The van der Waals surface area contributed by atoms with Gasteiger partial charge in [-0.25, -0.2) is 4.98 Å². The molecule has 0 spiro atoms. The number of nitrogens with zero attached hydrogens (tertiary/aromatic N) is 3. The molecule has 7 heteroatoms. The van der Waals surface area contributed by atoms with Crippen LogP contribution in [0, 0.1) is 0 Å². The molecule has 1 amide bonds. The number of rotatable bonds is 5. The summed E-state index contributed by atoms with van der Waals surface area (Å²) >= 11 is 3.11. The molecule has 5 nitrogen and oxygen atoms in total. The van der Waals surface area contributed by atoms with Gasteiger partial charge in [0.25, 0.3) is 0 Å². The van der Waals surface area contributed by atoms with Crippen LogP contribution >= 0.6 is 23.1 Å². The molecule has 0 unspecified atom stereocenters. The molecule has 0 saturated carbocycles. The average Bonchev–Trinajstić information content (AvgIpc) is 3.11. The number of amides is 1. The second kappa shape index (κ2) is 8.29. The number of piperazine rings is 1. The maximum absolute atomic E-state index is 12.3. The molecular weight excluding hydrogens is 376 g/mol. The molecule has 27 heavy (non-hydrogen) atoms. The van der Waals surface area contributed by atoms with Crippen LogP contribution in [-0.2, 0) is 4.79 Å². The van der Waals surface area contributed by atoms with Crippen LogP contribution in [0.1, 0.15) is 0 Å². The third-order valence-corrected chi connectivity index (χ3v) is 6.80. The first kappa shape index (κ1) is 18.3. The fourth-order valence-electron chi connectivity index (χ4n) is 3.06. The number of para-hydroxylation sites is 1. The van der Waals surface area contributed by atoms with Gasteiger partial charge in [-0.1, -0.05) is 23.9 Å². The van der Waals surface area contributed by atoms with Crippen molar-refractivity contribution in [2.45, 2.75) is 4.34 Å². The molecule has 0 atom stereocenters. The number of carbonyl (C=O) groups is 1. The lowest BCUT2D eigenvalue weighted by Gasteiger charge is -2.34. The average molecular weight is 399 g/mol. The number of thiazole rings is 1. The van der Waals surface area contributed by atoms with Crippen LogP contribution in [0.3, 0.4) is 0 Å².